The molecule has 2 aromatic carbocycles. The van der Waals surface area contributed by atoms with Crippen molar-refractivity contribution in [3.63, 3.8) is 0 Å². The van der Waals surface area contributed by atoms with Crippen molar-refractivity contribution in [2.75, 3.05) is 11.4 Å². The van der Waals surface area contributed by atoms with Crippen LogP contribution in [0.3, 0.4) is 0 Å². The maximum atomic E-state index is 13.0. The van der Waals surface area contributed by atoms with Gasteiger partial charge in [-0.2, -0.15) is 0 Å². The average molecular weight is 352 g/mol. The molecule has 0 saturated carbocycles. The van der Waals surface area contributed by atoms with Crippen LogP contribution in [0.15, 0.2) is 66.1 Å². The number of benzene rings is 2. The predicted octanol–water partition coefficient (Wildman–Crippen LogP) is 3.63. The summed E-state index contributed by atoms with van der Waals surface area (Å²) in [6.45, 7) is 6.66. The Balaban J connectivity index is 1.77. The summed E-state index contributed by atoms with van der Waals surface area (Å²) in [5.74, 6) is -0.210. The average Bonchev–Trinajstić information content (AvgIpc) is 2.65. The van der Waals surface area contributed by atoms with Gasteiger partial charge in [-0.25, -0.2) is 0 Å². The lowest BCUT2D eigenvalue weighted by atomic mass is 10.1. The SMILES string of the molecule is C=CC(=O)NCc1ccc(C(=O)N2CC(C)Sc3ccccc32)cc1. The Morgan fingerprint density at radius 2 is 1.96 bits per heavy atom. The Hall–Kier alpha value is -2.53. The van der Waals surface area contributed by atoms with Crippen LogP contribution in [0.5, 0.6) is 0 Å². The zero-order valence-corrected chi connectivity index (χ0v) is 14.9. The van der Waals surface area contributed by atoms with Crippen molar-refractivity contribution in [1.29, 1.82) is 0 Å². The quantitative estimate of drug-likeness (QED) is 0.855. The fourth-order valence-corrected chi connectivity index (χ4v) is 3.88. The second kappa shape index (κ2) is 7.57. The normalized spacial score (nSPS) is 16.0. The topological polar surface area (TPSA) is 49.4 Å². The molecule has 1 N–H and O–H groups in total. The molecule has 2 amide bonds. The van der Waals surface area contributed by atoms with Crippen LogP contribution in [-0.4, -0.2) is 23.6 Å². The van der Waals surface area contributed by atoms with Crippen molar-refractivity contribution in [2.45, 2.75) is 23.6 Å². The molecular formula is C20H20N2O2S. The van der Waals surface area contributed by atoms with Crippen molar-refractivity contribution < 1.29 is 9.59 Å². The van der Waals surface area contributed by atoms with Gasteiger partial charge in [0.05, 0.1) is 5.69 Å². The fraction of sp³-hybridized carbons (Fsp3) is 0.200. The molecule has 1 aliphatic rings. The van der Waals surface area contributed by atoms with Crippen LogP contribution in [0.2, 0.25) is 0 Å². The summed E-state index contributed by atoms with van der Waals surface area (Å²) in [5.41, 5.74) is 2.56. The first-order chi connectivity index (χ1) is 12.1. The number of carbonyl (C=O) groups excluding carboxylic acids is 2. The van der Waals surface area contributed by atoms with Gasteiger partial charge in [-0.05, 0) is 35.9 Å². The molecule has 25 heavy (non-hydrogen) atoms. The van der Waals surface area contributed by atoms with E-state index >= 15 is 0 Å². The highest BCUT2D eigenvalue weighted by Crippen LogP contribution is 2.38. The van der Waals surface area contributed by atoms with Crippen LogP contribution >= 0.6 is 11.8 Å². The third-order valence-electron chi connectivity index (χ3n) is 4.02. The zero-order valence-electron chi connectivity index (χ0n) is 14.1. The summed E-state index contributed by atoms with van der Waals surface area (Å²) in [7, 11) is 0. The molecular weight excluding hydrogens is 332 g/mol. The van der Waals surface area contributed by atoms with Crippen molar-refractivity contribution >= 4 is 29.3 Å². The second-order valence-corrected chi connectivity index (χ2v) is 7.41. The zero-order chi connectivity index (χ0) is 17.8. The van der Waals surface area contributed by atoms with E-state index in [1.807, 2.05) is 47.4 Å². The van der Waals surface area contributed by atoms with Crippen molar-refractivity contribution in [2.24, 2.45) is 0 Å². The van der Waals surface area contributed by atoms with E-state index in [9.17, 15) is 9.59 Å². The summed E-state index contributed by atoms with van der Waals surface area (Å²) >= 11 is 1.80. The van der Waals surface area contributed by atoms with Crippen LogP contribution in [-0.2, 0) is 11.3 Å². The lowest BCUT2D eigenvalue weighted by Crippen LogP contribution is -2.38. The number of carbonyl (C=O) groups is 2. The first kappa shape index (κ1) is 17.3. The number of nitrogens with one attached hydrogen (secondary N) is 1. The summed E-state index contributed by atoms with van der Waals surface area (Å²) in [4.78, 5) is 27.2. The molecule has 0 saturated heterocycles. The maximum absolute atomic E-state index is 13.0. The Bertz CT molecular complexity index is 802. The van der Waals surface area contributed by atoms with Gasteiger partial charge in [0.2, 0.25) is 5.91 Å². The van der Waals surface area contributed by atoms with Gasteiger partial charge in [0, 0.05) is 28.8 Å². The van der Waals surface area contributed by atoms with Gasteiger partial charge in [0.15, 0.2) is 0 Å². The van der Waals surface area contributed by atoms with Crippen LogP contribution in [0.1, 0.15) is 22.8 Å². The second-order valence-electron chi connectivity index (χ2n) is 5.93. The molecule has 1 unspecified atom stereocenters. The van der Waals surface area contributed by atoms with Gasteiger partial charge in [-0.1, -0.05) is 37.8 Å². The highest BCUT2D eigenvalue weighted by molar-refractivity contribution is 8.00. The van der Waals surface area contributed by atoms with Crippen LogP contribution in [0.4, 0.5) is 5.69 Å². The number of amides is 2. The standard InChI is InChI=1S/C20H20N2O2S/c1-3-19(23)21-12-15-8-10-16(11-9-15)20(24)22-13-14(2)25-18-7-5-4-6-17(18)22/h3-11,14H,1,12-13H2,2H3,(H,21,23). The van der Waals surface area contributed by atoms with E-state index in [0.29, 0.717) is 23.9 Å². The summed E-state index contributed by atoms with van der Waals surface area (Å²) < 4.78 is 0. The van der Waals surface area contributed by atoms with Crippen LogP contribution in [0.25, 0.3) is 0 Å². The lowest BCUT2D eigenvalue weighted by molar-refractivity contribution is -0.116. The summed E-state index contributed by atoms with van der Waals surface area (Å²) in [5, 5.41) is 3.08. The number of hydrogen-bond donors (Lipinski definition) is 1. The molecule has 4 nitrogen and oxygen atoms in total. The smallest absolute Gasteiger partial charge is 0.258 e. The van der Waals surface area contributed by atoms with Gasteiger partial charge < -0.3 is 10.2 Å². The first-order valence-corrected chi connectivity index (χ1v) is 9.03. The number of rotatable bonds is 4. The minimum absolute atomic E-state index is 0.00118. The highest BCUT2D eigenvalue weighted by Gasteiger charge is 2.27. The Labute approximate surface area is 151 Å². The molecule has 0 bridgehead atoms. The Morgan fingerprint density at radius 1 is 1.24 bits per heavy atom. The molecule has 3 rings (SSSR count). The van der Waals surface area contributed by atoms with E-state index in [4.69, 9.17) is 0 Å². The summed E-state index contributed by atoms with van der Waals surface area (Å²) in [6.07, 6.45) is 1.24. The van der Waals surface area contributed by atoms with Gasteiger partial charge >= 0.3 is 0 Å². The molecule has 0 aromatic heterocycles. The van der Waals surface area contributed by atoms with E-state index in [1.54, 1.807) is 11.8 Å². The van der Waals surface area contributed by atoms with E-state index in [2.05, 4.69) is 24.9 Å². The predicted molar refractivity (Wildman–Crippen MR) is 102 cm³/mol. The first-order valence-electron chi connectivity index (χ1n) is 8.15. The summed E-state index contributed by atoms with van der Waals surface area (Å²) in [6, 6.07) is 15.4. The van der Waals surface area contributed by atoms with Gasteiger partial charge in [0.25, 0.3) is 5.91 Å². The third-order valence-corrected chi connectivity index (χ3v) is 5.17. The van der Waals surface area contributed by atoms with Crippen molar-refractivity contribution in [3.05, 3.63) is 72.3 Å². The maximum Gasteiger partial charge on any atom is 0.258 e. The molecule has 1 atom stereocenters. The number of thioether (sulfide) groups is 1. The third kappa shape index (κ3) is 3.94. The number of anilines is 1. The molecule has 5 heteroatoms. The highest BCUT2D eigenvalue weighted by atomic mass is 32.2. The lowest BCUT2D eigenvalue weighted by Gasteiger charge is -2.32. The monoisotopic (exact) mass is 352 g/mol. The molecule has 0 spiro atoms. The minimum Gasteiger partial charge on any atom is -0.348 e. The fourth-order valence-electron chi connectivity index (χ4n) is 2.76. The Morgan fingerprint density at radius 3 is 2.68 bits per heavy atom. The van der Waals surface area contributed by atoms with Crippen LogP contribution in [0, 0.1) is 0 Å². The molecule has 1 aliphatic heterocycles. The van der Waals surface area contributed by atoms with Crippen LogP contribution < -0.4 is 10.2 Å². The number of para-hydroxylation sites is 1. The molecule has 128 valence electrons. The van der Waals surface area contributed by atoms with E-state index in [1.165, 1.54) is 6.08 Å². The molecule has 1 heterocycles. The minimum atomic E-state index is -0.212. The molecule has 0 aliphatic carbocycles. The van der Waals surface area contributed by atoms with Gasteiger partial charge in [-0.3, -0.25) is 9.59 Å². The number of hydrogen-bond acceptors (Lipinski definition) is 3. The molecule has 0 radical (unpaired) electrons. The molecule has 2 aromatic rings. The van der Waals surface area contributed by atoms with Gasteiger partial charge in [0.1, 0.15) is 0 Å². The largest absolute Gasteiger partial charge is 0.348 e. The van der Waals surface area contributed by atoms with E-state index < -0.39 is 0 Å². The van der Waals surface area contributed by atoms with E-state index in [-0.39, 0.29) is 11.8 Å². The Kier molecular flexibility index (Phi) is 5.24. The van der Waals surface area contributed by atoms with E-state index in [0.717, 1.165) is 16.1 Å². The number of nitrogens with zero attached hydrogens (tertiary/aromatic N) is 1. The molecule has 0 fully saturated rings. The van der Waals surface area contributed by atoms with Crippen molar-refractivity contribution in [3.8, 4) is 0 Å². The van der Waals surface area contributed by atoms with Crippen molar-refractivity contribution in [1.82, 2.24) is 5.32 Å². The van der Waals surface area contributed by atoms with Gasteiger partial charge in [-0.15, -0.1) is 11.8 Å². The number of fused-ring (bicyclic) bond motifs is 1.